The number of carbonyl (C=O) groups is 3. The van der Waals surface area contributed by atoms with Crippen LogP contribution in [0.3, 0.4) is 0 Å². The summed E-state index contributed by atoms with van der Waals surface area (Å²) in [6, 6.07) is 19.9. The summed E-state index contributed by atoms with van der Waals surface area (Å²) in [7, 11) is 0. The van der Waals surface area contributed by atoms with Crippen molar-refractivity contribution < 1.29 is 29.0 Å². The van der Waals surface area contributed by atoms with E-state index in [9.17, 15) is 19.5 Å². The average molecular weight is 502 g/mol. The van der Waals surface area contributed by atoms with Crippen LogP contribution in [0, 0.1) is 0 Å². The molecule has 0 bridgehead atoms. The first-order valence-corrected chi connectivity index (χ1v) is 11.4. The molecule has 0 atom stereocenters. The van der Waals surface area contributed by atoms with Crippen LogP contribution in [0.15, 0.2) is 78.4 Å². The molecule has 3 aromatic rings. The van der Waals surface area contributed by atoms with Gasteiger partial charge in [-0.25, -0.2) is 0 Å². The Morgan fingerprint density at radius 2 is 1.67 bits per heavy atom. The maximum absolute atomic E-state index is 13.2. The van der Waals surface area contributed by atoms with Gasteiger partial charge in [0, 0.05) is 0 Å². The molecule has 1 aliphatic rings. The van der Waals surface area contributed by atoms with E-state index in [1.165, 1.54) is 23.1 Å². The van der Waals surface area contributed by atoms with Gasteiger partial charge >= 0.3 is 0 Å². The second kappa shape index (κ2) is 10.8. The predicted molar refractivity (Wildman–Crippen MR) is 135 cm³/mol. The number of aromatic carboxylic acids is 1. The van der Waals surface area contributed by atoms with Gasteiger partial charge in [-0.2, -0.15) is 0 Å². The van der Waals surface area contributed by atoms with E-state index in [4.69, 9.17) is 21.7 Å². The maximum atomic E-state index is 13.2. The minimum absolute atomic E-state index is 0.00203. The highest BCUT2D eigenvalue weighted by molar-refractivity contribution is 7.80. The number of thiocarbonyl (C=S) groups is 1. The summed E-state index contributed by atoms with van der Waals surface area (Å²) in [5.74, 6) is -1.18. The second-order valence-electron chi connectivity index (χ2n) is 7.73. The number of ether oxygens (including phenoxy) is 2. The monoisotopic (exact) mass is 501 g/mol. The van der Waals surface area contributed by atoms with Crippen molar-refractivity contribution in [3.05, 3.63) is 95.1 Å². The molecule has 1 aliphatic heterocycles. The van der Waals surface area contributed by atoms with E-state index in [1.54, 1.807) is 60.7 Å². The van der Waals surface area contributed by atoms with Crippen LogP contribution in [0.1, 0.15) is 28.4 Å². The van der Waals surface area contributed by atoms with Crippen molar-refractivity contribution in [2.24, 2.45) is 0 Å². The molecular weight excluding hydrogens is 480 g/mol. The zero-order valence-corrected chi connectivity index (χ0v) is 20.0. The third-order valence-corrected chi connectivity index (χ3v) is 5.55. The summed E-state index contributed by atoms with van der Waals surface area (Å²) in [6.45, 7) is 2.56. The van der Waals surface area contributed by atoms with E-state index < -0.39 is 17.8 Å². The number of benzene rings is 3. The van der Waals surface area contributed by atoms with E-state index in [2.05, 4.69) is 5.32 Å². The Morgan fingerprint density at radius 1 is 1.00 bits per heavy atom. The first kappa shape index (κ1) is 24.6. The molecule has 1 fully saturated rings. The number of carbonyl (C=O) groups excluding carboxylic acids is 3. The Hall–Kier alpha value is -4.50. The molecule has 4 rings (SSSR count). The van der Waals surface area contributed by atoms with Gasteiger partial charge in [0.05, 0.1) is 18.3 Å². The van der Waals surface area contributed by atoms with Gasteiger partial charge in [0.1, 0.15) is 23.7 Å². The normalized spacial score (nSPS) is 14.5. The molecule has 0 saturated carbocycles. The molecule has 1 N–H and O–H groups in total. The van der Waals surface area contributed by atoms with E-state index in [0.29, 0.717) is 34.9 Å². The molecular formula is C27H21N2O6S-. The molecule has 0 unspecified atom stereocenters. The summed E-state index contributed by atoms with van der Waals surface area (Å²) in [6.07, 6.45) is 1.48. The van der Waals surface area contributed by atoms with Crippen LogP contribution in [0.5, 0.6) is 11.5 Å². The van der Waals surface area contributed by atoms with Crippen LogP contribution in [0.4, 0.5) is 5.69 Å². The van der Waals surface area contributed by atoms with E-state index in [0.717, 1.165) is 0 Å². The number of hydrogen-bond donors (Lipinski definition) is 1. The molecule has 1 heterocycles. The SMILES string of the molecule is CCOc1ccc(N2C(=O)/C(=C\c3ccc(OCc4cccc(C(=O)[O-])c4)cc3)C(=O)NC2=S)cc1. The van der Waals surface area contributed by atoms with Crippen LogP contribution in [0.2, 0.25) is 0 Å². The Kier molecular flexibility index (Phi) is 7.41. The van der Waals surface area contributed by atoms with Crippen LogP contribution in [-0.2, 0) is 16.2 Å². The lowest BCUT2D eigenvalue weighted by atomic mass is 10.1. The molecule has 0 aromatic heterocycles. The zero-order chi connectivity index (χ0) is 25.7. The highest BCUT2D eigenvalue weighted by Gasteiger charge is 2.34. The molecule has 36 heavy (non-hydrogen) atoms. The molecule has 8 nitrogen and oxygen atoms in total. The van der Waals surface area contributed by atoms with Crippen LogP contribution in [-0.4, -0.2) is 29.5 Å². The number of carboxylic acids is 1. The van der Waals surface area contributed by atoms with E-state index >= 15 is 0 Å². The first-order valence-electron chi connectivity index (χ1n) is 11.0. The van der Waals surface area contributed by atoms with Crippen molar-refractivity contribution in [1.29, 1.82) is 0 Å². The quantitative estimate of drug-likeness (QED) is 0.287. The lowest BCUT2D eigenvalue weighted by Crippen LogP contribution is -2.54. The van der Waals surface area contributed by atoms with Gasteiger partial charge in [0.2, 0.25) is 0 Å². The lowest BCUT2D eigenvalue weighted by molar-refractivity contribution is -0.255. The van der Waals surface area contributed by atoms with Gasteiger partial charge in [-0.15, -0.1) is 0 Å². The zero-order valence-electron chi connectivity index (χ0n) is 19.2. The number of amides is 2. The molecule has 1 saturated heterocycles. The Bertz CT molecular complexity index is 1350. The van der Waals surface area contributed by atoms with Crippen molar-refractivity contribution in [2.45, 2.75) is 13.5 Å². The first-order chi connectivity index (χ1) is 17.4. The van der Waals surface area contributed by atoms with Crippen LogP contribution >= 0.6 is 12.2 Å². The average Bonchev–Trinajstić information content (AvgIpc) is 2.87. The van der Waals surface area contributed by atoms with Crippen molar-refractivity contribution in [3.63, 3.8) is 0 Å². The van der Waals surface area contributed by atoms with Crippen LogP contribution < -0.4 is 24.8 Å². The van der Waals surface area contributed by atoms with Crippen molar-refractivity contribution in [1.82, 2.24) is 5.32 Å². The van der Waals surface area contributed by atoms with Gasteiger partial charge < -0.3 is 19.4 Å². The van der Waals surface area contributed by atoms with Crippen molar-refractivity contribution in [3.8, 4) is 11.5 Å². The van der Waals surface area contributed by atoms with Crippen molar-refractivity contribution >= 4 is 46.9 Å². The number of rotatable bonds is 8. The smallest absolute Gasteiger partial charge is 0.270 e. The van der Waals surface area contributed by atoms with E-state index in [-0.39, 0.29) is 22.9 Å². The Morgan fingerprint density at radius 3 is 2.33 bits per heavy atom. The summed E-state index contributed by atoms with van der Waals surface area (Å²) in [5.41, 5.74) is 1.81. The molecule has 0 radical (unpaired) electrons. The Balaban J connectivity index is 1.48. The summed E-state index contributed by atoms with van der Waals surface area (Å²) < 4.78 is 11.1. The van der Waals surface area contributed by atoms with E-state index in [1.807, 2.05) is 6.92 Å². The highest BCUT2D eigenvalue weighted by atomic mass is 32.1. The number of anilines is 1. The molecule has 182 valence electrons. The van der Waals surface area contributed by atoms with Gasteiger partial charge in [-0.1, -0.05) is 30.3 Å². The third-order valence-electron chi connectivity index (χ3n) is 5.27. The maximum Gasteiger partial charge on any atom is 0.270 e. The fourth-order valence-electron chi connectivity index (χ4n) is 3.53. The summed E-state index contributed by atoms with van der Waals surface area (Å²) >= 11 is 5.24. The topological polar surface area (TPSA) is 108 Å². The number of hydrogen-bond acceptors (Lipinski definition) is 7. The number of carboxylic acid groups (broad SMARTS) is 1. The van der Waals surface area contributed by atoms with Crippen molar-refractivity contribution in [2.75, 3.05) is 11.5 Å². The molecule has 0 spiro atoms. The standard InChI is InChI=1S/C27H22N2O6S/c1-2-34-21-12-8-20(9-13-21)29-25(31)23(24(30)28-27(29)36)15-17-6-10-22(11-7-17)35-16-18-4-3-5-19(14-18)26(32)33/h3-15H,2,16H2,1H3,(H,32,33)(H,28,30,36)/p-1/b23-15-. The van der Waals surface area contributed by atoms with Gasteiger partial charge in [0.15, 0.2) is 5.11 Å². The minimum atomic E-state index is -1.25. The van der Waals surface area contributed by atoms with Gasteiger partial charge in [0.25, 0.3) is 11.8 Å². The molecule has 9 heteroatoms. The second-order valence-corrected chi connectivity index (χ2v) is 8.12. The van der Waals surface area contributed by atoms with Gasteiger partial charge in [-0.05, 0) is 84.4 Å². The molecule has 2 amide bonds. The fourth-order valence-corrected chi connectivity index (χ4v) is 3.81. The molecule has 3 aromatic carbocycles. The number of nitrogens with one attached hydrogen (secondary N) is 1. The predicted octanol–water partition coefficient (Wildman–Crippen LogP) is 2.86. The largest absolute Gasteiger partial charge is 0.545 e. The summed E-state index contributed by atoms with van der Waals surface area (Å²) in [5, 5.41) is 13.6. The molecule has 0 aliphatic carbocycles. The lowest BCUT2D eigenvalue weighted by Gasteiger charge is -2.29. The number of nitrogens with zero attached hydrogens (tertiary/aromatic N) is 1. The Labute approximate surface area is 212 Å². The summed E-state index contributed by atoms with van der Waals surface area (Å²) in [4.78, 5) is 38.0. The minimum Gasteiger partial charge on any atom is -0.545 e. The van der Waals surface area contributed by atoms with Gasteiger partial charge in [-0.3, -0.25) is 19.8 Å². The third kappa shape index (κ3) is 5.59. The highest BCUT2D eigenvalue weighted by Crippen LogP contribution is 2.25. The fraction of sp³-hybridized carbons (Fsp3) is 0.111. The van der Waals surface area contributed by atoms with Crippen LogP contribution in [0.25, 0.3) is 6.08 Å².